The monoisotopic (exact) mass is 370 g/mol. The number of hydrogen-bond acceptors (Lipinski definition) is 4. The fraction of sp³-hybridized carbons (Fsp3) is 0.632. The van der Waals surface area contributed by atoms with E-state index in [2.05, 4.69) is 5.32 Å². The Kier molecular flexibility index (Phi) is 8.53. The topological polar surface area (TPSA) is 73.6 Å². The molecule has 0 heterocycles. The van der Waals surface area contributed by atoms with Gasteiger partial charge in [-0.1, -0.05) is 13.3 Å². The third-order valence-electron chi connectivity index (χ3n) is 4.60. The van der Waals surface area contributed by atoms with E-state index in [9.17, 15) is 4.79 Å². The summed E-state index contributed by atoms with van der Waals surface area (Å²) >= 11 is 0. The Balaban J connectivity index is 0.00000312. The third kappa shape index (κ3) is 6.08. The van der Waals surface area contributed by atoms with E-state index in [1.807, 2.05) is 25.1 Å². The van der Waals surface area contributed by atoms with Crippen molar-refractivity contribution in [1.82, 2.24) is 5.32 Å². The predicted octanol–water partition coefficient (Wildman–Crippen LogP) is 3.57. The van der Waals surface area contributed by atoms with Crippen LogP contribution >= 0.6 is 12.4 Å². The van der Waals surface area contributed by atoms with Crippen LogP contribution in [0.15, 0.2) is 18.2 Å². The van der Waals surface area contributed by atoms with Crippen LogP contribution in [-0.4, -0.2) is 24.7 Å². The van der Waals surface area contributed by atoms with Gasteiger partial charge in [0.15, 0.2) is 0 Å². The van der Waals surface area contributed by atoms with Gasteiger partial charge in [-0.3, -0.25) is 4.79 Å². The molecule has 1 aliphatic carbocycles. The number of carbonyl (C=O) groups excluding carboxylic acids is 1. The number of hydrogen-bond donors (Lipinski definition) is 2. The maximum Gasteiger partial charge on any atom is 0.240 e. The second kappa shape index (κ2) is 9.88. The van der Waals surface area contributed by atoms with E-state index < -0.39 is 5.54 Å². The zero-order valence-electron chi connectivity index (χ0n) is 15.5. The number of methoxy groups -OCH3 is 1. The second-order valence-electron chi connectivity index (χ2n) is 6.85. The fourth-order valence-electron chi connectivity index (χ4n) is 3.11. The minimum Gasteiger partial charge on any atom is -0.497 e. The van der Waals surface area contributed by atoms with Gasteiger partial charge in [0.25, 0.3) is 0 Å². The third-order valence-corrected chi connectivity index (χ3v) is 4.60. The average molecular weight is 371 g/mol. The number of nitrogens with one attached hydrogen (secondary N) is 1. The highest BCUT2D eigenvalue weighted by molar-refractivity contribution is 5.85. The quantitative estimate of drug-likeness (QED) is 0.733. The van der Waals surface area contributed by atoms with Gasteiger partial charge in [-0.25, -0.2) is 0 Å². The molecule has 3 N–H and O–H groups in total. The van der Waals surface area contributed by atoms with Crippen LogP contribution in [0.1, 0.15) is 57.9 Å². The van der Waals surface area contributed by atoms with Crippen molar-refractivity contribution >= 4 is 18.3 Å². The maximum absolute atomic E-state index is 12.3. The van der Waals surface area contributed by atoms with E-state index in [1.54, 1.807) is 14.0 Å². The van der Waals surface area contributed by atoms with Crippen LogP contribution < -0.4 is 20.5 Å². The molecule has 0 spiro atoms. The van der Waals surface area contributed by atoms with Gasteiger partial charge in [0.05, 0.1) is 18.8 Å². The zero-order chi connectivity index (χ0) is 17.6. The van der Waals surface area contributed by atoms with E-state index in [0.29, 0.717) is 13.0 Å². The molecule has 1 aromatic carbocycles. The normalized spacial score (nSPS) is 16.6. The Morgan fingerprint density at radius 1 is 1.36 bits per heavy atom. The molecule has 0 saturated heterocycles. The largest absolute Gasteiger partial charge is 0.497 e. The highest BCUT2D eigenvalue weighted by Crippen LogP contribution is 2.30. The molecule has 1 saturated carbocycles. The van der Waals surface area contributed by atoms with Gasteiger partial charge >= 0.3 is 0 Å². The molecule has 5 nitrogen and oxygen atoms in total. The van der Waals surface area contributed by atoms with Crippen LogP contribution in [0.3, 0.4) is 0 Å². The molecular weight excluding hydrogens is 340 g/mol. The highest BCUT2D eigenvalue weighted by Gasteiger charge is 2.27. The number of nitrogens with two attached hydrogens (primary N) is 1. The smallest absolute Gasteiger partial charge is 0.240 e. The first-order valence-electron chi connectivity index (χ1n) is 8.87. The second-order valence-corrected chi connectivity index (χ2v) is 6.85. The molecule has 1 aromatic rings. The van der Waals surface area contributed by atoms with Crippen LogP contribution in [0.2, 0.25) is 0 Å². The Morgan fingerprint density at radius 2 is 2.04 bits per heavy atom. The molecule has 0 aliphatic heterocycles. The number of ether oxygens (including phenoxy) is 2. The standard InChI is InChI=1S/C19H30N2O3.ClH/c1-4-11-19(2,20)18(22)21-13-14-9-10-16(23-3)12-17(14)24-15-7-5-6-8-15;/h9-10,12,15H,4-8,11,13,20H2,1-3H3,(H,21,22);1H. The summed E-state index contributed by atoms with van der Waals surface area (Å²) in [5.74, 6) is 1.41. The summed E-state index contributed by atoms with van der Waals surface area (Å²) in [6, 6.07) is 5.72. The summed E-state index contributed by atoms with van der Waals surface area (Å²) in [4.78, 5) is 12.3. The van der Waals surface area contributed by atoms with Crippen LogP contribution in [0.5, 0.6) is 11.5 Å². The van der Waals surface area contributed by atoms with Crippen molar-refractivity contribution in [2.75, 3.05) is 7.11 Å². The zero-order valence-corrected chi connectivity index (χ0v) is 16.3. The number of amides is 1. The summed E-state index contributed by atoms with van der Waals surface area (Å²) in [6.07, 6.45) is 6.38. The van der Waals surface area contributed by atoms with E-state index in [0.717, 1.165) is 36.3 Å². The Morgan fingerprint density at radius 3 is 2.64 bits per heavy atom. The Labute approximate surface area is 157 Å². The summed E-state index contributed by atoms with van der Waals surface area (Å²) < 4.78 is 11.5. The number of carbonyl (C=O) groups is 1. The predicted molar refractivity (Wildman–Crippen MR) is 102 cm³/mol. The van der Waals surface area contributed by atoms with Gasteiger partial charge in [-0.2, -0.15) is 0 Å². The molecule has 0 bridgehead atoms. The van der Waals surface area contributed by atoms with Crippen LogP contribution in [0.4, 0.5) is 0 Å². The lowest BCUT2D eigenvalue weighted by atomic mass is 9.96. The van der Waals surface area contributed by atoms with E-state index >= 15 is 0 Å². The molecule has 0 radical (unpaired) electrons. The van der Waals surface area contributed by atoms with Crippen molar-refractivity contribution in [3.63, 3.8) is 0 Å². The first-order valence-corrected chi connectivity index (χ1v) is 8.87. The van der Waals surface area contributed by atoms with Crippen molar-refractivity contribution in [3.8, 4) is 11.5 Å². The van der Waals surface area contributed by atoms with Crippen molar-refractivity contribution < 1.29 is 14.3 Å². The Hall–Kier alpha value is -1.46. The van der Waals surface area contributed by atoms with Crippen molar-refractivity contribution in [2.45, 2.75) is 70.6 Å². The van der Waals surface area contributed by atoms with Gasteiger partial charge in [-0.15, -0.1) is 12.4 Å². The van der Waals surface area contributed by atoms with Crippen LogP contribution in [0, 0.1) is 0 Å². The van der Waals surface area contributed by atoms with Crippen LogP contribution in [-0.2, 0) is 11.3 Å². The Bertz CT molecular complexity index is 558. The fourth-order valence-corrected chi connectivity index (χ4v) is 3.11. The van der Waals surface area contributed by atoms with Gasteiger partial charge < -0.3 is 20.5 Å². The molecule has 1 atom stereocenters. The van der Waals surface area contributed by atoms with Crippen molar-refractivity contribution in [1.29, 1.82) is 0 Å². The lowest BCUT2D eigenvalue weighted by molar-refractivity contribution is -0.126. The minimum atomic E-state index is -0.840. The lowest BCUT2D eigenvalue weighted by Gasteiger charge is -2.23. The molecule has 1 aliphatic rings. The highest BCUT2D eigenvalue weighted by atomic mass is 35.5. The molecule has 142 valence electrons. The minimum absolute atomic E-state index is 0. The summed E-state index contributed by atoms with van der Waals surface area (Å²) in [5.41, 5.74) is 6.20. The first-order chi connectivity index (χ1) is 11.5. The number of rotatable bonds is 8. The van der Waals surface area contributed by atoms with Gasteiger partial charge in [0.2, 0.25) is 5.91 Å². The van der Waals surface area contributed by atoms with Crippen molar-refractivity contribution in [2.24, 2.45) is 5.73 Å². The summed E-state index contributed by atoms with van der Waals surface area (Å²) in [6.45, 7) is 4.20. The molecule has 1 fully saturated rings. The molecule has 1 amide bonds. The van der Waals surface area contributed by atoms with Crippen LogP contribution in [0.25, 0.3) is 0 Å². The maximum atomic E-state index is 12.3. The molecule has 2 rings (SSSR count). The first kappa shape index (κ1) is 21.6. The average Bonchev–Trinajstić information content (AvgIpc) is 3.06. The van der Waals surface area contributed by atoms with Gasteiger partial charge in [0, 0.05) is 18.2 Å². The van der Waals surface area contributed by atoms with E-state index in [4.69, 9.17) is 15.2 Å². The van der Waals surface area contributed by atoms with Crippen molar-refractivity contribution in [3.05, 3.63) is 23.8 Å². The van der Waals surface area contributed by atoms with E-state index in [1.165, 1.54) is 12.8 Å². The molecule has 1 unspecified atom stereocenters. The lowest BCUT2D eigenvalue weighted by Crippen LogP contribution is -2.51. The number of benzene rings is 1. The number of halogens is 1. The summed E-state index contributed by atoms with van der Waals surface area (Å²) in [7, 11) is 1.64. The molecule has 0 aromatic heterocycles. The van der Waals surface area contributed by atoms with E-state index in [-0.39, 0.29) is 24.4 Å². The van der Waals surface area contributed by atoms with Gasteiger partial charge in [-0.05, 0) is 51.2 Å². The van der Waals surface area contributed by atoms with Gasteiger partial charge in [0.1, 0.15) is 11.5 Å². The SMILES string of the molecule is CCCC(C)(N)C(=O)NCc1ccc(OC)cc1OC1CCCC1.Cl. The molecule has 6 heteroatoms. The summed E-state index contributed by atoms with van der Waals surface area (Å²) in [5, 5.41) is 2.94. The molecule has 25 heavy (non-hydrogen) atoms. The molecular formula is C19H31ClN2O3.